The number of amides is 1. The van der Waals surface area contributed by atoms with Gasteiger partial charge in [0.1, 0.15) is 0 Å². The van der Waals surface area contributed by atoms with Crippen molar-refractivity contribution in [1.82, 2.24) is 0 Å². The van der Waals surface area contributed by atoms with E-state index in [4.69, 9.17) is 5.73 Å². The molecule has 0 aliphatic rings. The Kier molecular flexibility index (Phi) is 4.69. The second kappa shape index (κ2) is 6.48. The molecule has 0 spiro atoms. The Morgan fingerprint density at radius 1 is 1.20 bits per heavy atom. The van der Waals surface area contributed by atoms with E-state index >= 15 is 0 Å². The topological polar surface area (TPSA) is 55.1 Å². The van der Waals surface area contributed by atoms with Crippen LogP contribution in [0, 0.1) is 13.8 Å². The van der Waals surface area contributed by atoms with Crippen molar-refractivity contribution < 1.29 is 4.79 Å². The number of benzene rings is 2. The second-order valence-electron chi connectivity index (χ2n) is 4.73. The van der Waals surface area contributed by atoms with Gasteiger partial charge in [-0.1, -0.05) is 17.7 Å². The Morgan fingerprint density at radius 2 is 2.00 bits per heavy atom. The Bertz CT molecular complexity index is 626. The molecule has 0 aliphatic heterocycles. The van der Waals surface area contributed by atoms with Crippen LogP contribution in [-0.4, -0.2) is 11.7 Å². The molecular weight excluding hydrogens is 268 g/mol. The summed E-state index contributed by atoms with van der Waals surface area (Å²) < 4.78 is 0. The molecule has 0 radical (unpaired) electrons. The molecule has 2 aromatic rings. The standard InChI is InChI=1S/C16H18N2OS/c1-11-4-3-5-14(8-11)20-10-16(19)18-15-7-6-13(17)9-12(15)2/h3-9H,10,17H2,1-2H3,(H,18,19). The van der Waals surface area contributed by atoms with Crippen molar-refractivity contribution in [2.45, 2.75) is 18.7 Å². The number of thioether (sulfide) groups is 1. The smallest absolute Gasteiger partial charge is 0.234 e. The van der Waals surface area contributed by atoms with Crippen LogP contribution < -0.4 is 11.1 Å². The Labute approximate surface area is 123 Å². The maximum Gasteiger partial charge on any atom is 0.234 e. The Balaban J connectivity index is 1.92. The predicted octanol–water partition coefficient (Wildman–Crippen LogP) is 3.62. The molecule has 0 saturated heterocycles. The number of aryl methyl sites for hydroxylation is 2. The minimum atomic E-state index is -0.00984. The van der Waals surface area contributed by atoms with Crippen molar-refractivity contribution in [2.24, 2.45) is 0 Å². The third-order valence-electron chi connectivity index (χ3n) is 2.88. The molecule has 0 unspecified atom stereocenters. The third kappa shape index (κ3) is 4.03. The lowest BCUT2D eigenvalue weighted by Crippen LogP contribution is -2.14. The van der Waals surface area contributed by atoms with E-state index in [0.29, 0.717) is 11.4 Å². The van der Waals surface area contributed by atoms with E-state index < -0.39 is 0 Å². The molecule has 1 amide bonds. The Morgan fingerprint density at radius 3 is 2.70 bits per heavy atom. The van der Waals surface area contributed by atoms with Gasteiger partial charge in [-0.05, 0) is 49.7 Å². The maximum absolute atomic E-state index is 11.9. The molecule has 0 saturated carbocycles. The SMILES string of the molecule is Cc1cccc(SCC(=O)Nc2ccc(N)cc2C)c1. The molecule has 3 nitrogen and oxygen atoms in total. The molecule has 0 fully saturated rings. The lowest BCUT2D eigenvalue weighted by atomic mass is 10.2. The molecule has 0 aromatic heterocycles. The van der Waals surface area contributed by atoms with Gasteiger partial charge in [-0.25, -0.2) is 0 Å². The number of carbonyl (C=O) groups excluding carboxylic acids is 1. The van der Waals surface area contributed by atoms with E-state index in [2.05, 4.69) is 11.4 Å². The second-order valence-corrected chi connectivity index (χ2v) is 5.78. The van der Waals surface area contributed by atoms with Gasteiger partial charge in [-0.2, -0.15) is 0 Å². The fraction of sp³-hybridized carbons (Fsp3) is 0.188. The number of hydrogen-bond acceptors (Lipinski definition) is 3. The third-order valence-corrected chi connectivity index (χ3v) is 3.88. The predicted molar refractivity (Wildman–Crippen MR) is 86.1 cm³/mol. The monoisotopic (exact) mass is 286 g/mol. The molecule has 104 valence electrons. The zero-order chi connectivity index (χ0) is 14.5. The molecular formula is C16H18N2OS. The summed E-state index contributed by atoms with van der Waals surface area (Å²) in [6.45, 7) is 3.97. The van der Waals surface area contributed by atoms with Crippen molar-refractivity contribution in [1.29, 1.82) is 0 Å². The van der Waals surface area contributed by atoms with E-state index in [1.165, 1.54) is 17.3 Å². The van der Waals surface area contributed by atoms with Gasteiger partial charge in [0.25, 0.3) is 0 Å². The molecule has 0 aliphatic carbocycles. The van der Waals surface area contributed by atoms with E-state index in [9.17, 15) is 4.79 Å². The molecule has 4 heteroatoms. The first-order chi connectivity index (χ1) is 9.54. The lowest BCUT2D eigenvalue weighted by molar-refractivity contribution is -0.113. The van der Waals surface area contributed by atoms with Gasteiger partial charge in [0.05, 0.1) is 5.75 Å². The van der Waals surface area contributed by atoms with Crippen LogP contribution in [-0.2, 0) is 4.79 Å². The van der Waals surface area contributed by atoms with Gasteiger partial charge >= 0.3 is 0 Å². The number of rotatable bonds is 4. The highest BCUT2D eigenvalue weighted by Crippen LogP contribution is 2.21. The van der Waals surface area contributed by atoms with Crippen LogP contribution in [0.15, 0.2) is 47.4 Å². The number of hydrogen-bond donors (Lipinski definition) is 2. The van der Waals surface area contributed by atoms with Gasteiger partial charge in [0, 0.05) is 16.3 Å². The number of carbonyl (C=O) groups is 1. The largest absolute Gasteiger partial charge is 0.399 e. The van der Waals surface area contributed by atoms with Gasteiger partial charge in [0.2, 0.25) is 5.91 Å². The molecule has 2 aromatic carbocycles. The maximum atomic E-state index is 11.9. The van der Waals surface area contributed by atoms with E-state index in [1.807, 2.05) is 44.2 Å². The summed E-state index contributed by atoms with van der Waals surface area (Å²) in [7, 11) is 0. The summed E-state index contributed by atoms with van der Waals surface area (Å²) in [6.07, 6.45) is 0. The summed E-state index contributed by atoms with van der Waals surface area (Å²) >= 11 is 1.53. The first-order valence-electron chi connectivity index (χ1n) is 6.40. The van der Waals surface area contributed by atoms with E-state index in [1.54, 1.807) is 6.07 Å². The van der Waals surface area contributed by atoms with Crippen molar-refractivity contribution in [3.63, 3.8) is 0 Å². The normalized spacial score (nSPS) is 10.3. The quantitative estimate of drug-likeness (QED) is 0.667. The summed E-state index contributed by atoms with van der Waals surface area (Å²) in [6, 6.07) is 13.6. The molecule has 3 N–H and O–H groups in total. The van der Waals surface area contributed by atoms with Gasteiger partial charge in [-0.3, -0.25) is 4.79 Å². The average Bonchev–Trinajstić information content (AvgIpc) is 2.40. The van der Waals surface area contributed by atoms with Crippen LogP contribution in [0.25, 0.3) is 0 Å². The number of nitrogens with one attached hydrogen (secondary N) is 1. The van der Waals surface area contributed by atoms with Crippen LogP contribution in [0.4, 0.5) is 11.4 Å². The summed E-state index contributed by atoms with van der Waals surface area (Å²) in [5, 5.41) is 2.91. The zero-order valence-electron chi connectivity index (χ0n) is 11.6. The first kappa shape index (κ1) is 14.5. The first-order valence-corrected chi connectivity index (χ1v) is 7.38. The van der Waals surface area contributed by atoms with Crippen LogP contribution in [0.2, 0.25) is 0 Å². The van der Waals surface area contributed by atoms with Gasteiger partial charge in [-0.15, -0.1) is 11.8 Å². The number of nitrogen functional groups attached to an aromatic ring is 1. The van der Waals surface area contributed by atoms with E-state index in [0.717, 1.165) is 16.1 Å². The number of anilines is 2. The van der Waals surface area contributed by atoms with Crippen LogP contribution in [0.1, 0.15) is 11.1 Å². The van der Waals surface area contributed by atoms with Crippen molar-refractivity contribution in [2.75, 3.05) is 16.8 Å². The molecule has 0 bridgehead atoms. The molecule has 0 heterocycles. The lowest BCUT2D eigenvalue weighted by Gasteiger charge is -2.09. The van der Waals surface area contributed by atoms with Gasteiger partial charge < -0.3 is 11.1 Å². The highest BCUT2D eigenvalue weighted by atomic mass is 32.2. The minimum Gasteiger partial charge on any atom is -0.399 e. The molecule has 20 heavy (non-hydrogen) atoms. The van der Waals surface area contributed by atoms with Crippen molar-refractivity contribution in [3.05, 3.63) is 53.6 Å². The summed E-state index contributed by atoms with van der Waals surface area (Å²) in [5.74, 6) is 0.386. The van der Waals surface area contributed by atoms with Crippen molar-refractivity contribution in [3.8, 4) is 0 Å². The Hall–Kier alpha value is -1.94. The van der Waals surface area contributed by atoms with Crippen LogP contribution >= 0.6 is 11.8 Å². The molecule has 0 atom stereocenters. The van der Waals surface area contributed by atoms with Crippen LogP contribution in [0.5, 0.6) is 0 Å². The molecule has 2 rings (SSSR count). The van der Waals surface area contributed by atoms with Crippen LogP contribution in [0.3, 0.4) is 0 Å². The van der Waals surface area contributed by atoms with E-state index in [-0.39, 0.29) is 5.91 Å². The summed E-state index contributed by atoms with van der Waals surface area (Å²) in [5.41, 5.74) is 9.38. The van der Waals surface area contributed by atoms with Gasteiger partial charge in [0.15, 0.2) is 0 Å². The zero-order valence-corrected chi connectivity index (χ0v) is 12.5. The summed E-state index contributed by atoms with van der Waals surface area (Å²) in [4.78, 5) is 13.1. The van der Waals surface area contributed by atoms with Crippen molar-refractivity contribution >= 4 is 29.0 Å². The number of nitrogens with two attached hydrogens (primary N) is 1. The highest BCUT2D eigenvalue weighted by molar-refractivity contribution is 8.00. The average molecular weight is 286 g/mol. The minimum absolute atomic E-state index is 0.00984. The fourth-order valence-electron chi connectivity index (χ4n) is 1.87. The fourth-order valence-corrected chi connectivity index (χ4v) is 2.68. The highest BCUT2D eigenvalue weighted by Gasteiger charge is 2.06.